The number of rotatable bonds is 15. The number of ketones is 1. The summed E-state index contributed by atoms with van der Waals surface area (Å²) in [5, 5.41) is 10.3. The topological polar surface area (TPSA) is 77.3 Å². The van der Waals surface area contributed by atoms with Crippen molar-refractivity contribution < 1.29 is 19.1 Å². The van der Waals surface area contributed by atoms with Crippen LogP contribution in [0.1, 0.15) is 85.9 Å². The van der Waals surface area contributed by atoms with Gasteiger partial charge in [-0.05, 0) is 74.0 Å². The van der Waals surface area contributed by atoms with Crippen molar-refractivity contribution in [3.8, 4) is 11.5 Å². The third-order valence-electron chi connectivity index (χ3n) is 6.97. The van der Waals surface area contributed by atoms with Crippen LogP contribution in [0.2, 0.25) is 0 Å². The normalized spacial score (nSPS) is 11.2. The van der Waals surface area contributed by atoms with Gasteiger partial charge >= 0.3 is 5.97 Å². The van der Waals surface area contributed by atoms with E-state index in [0.717, 1.165) is 22.9 Å². The lowest BCUT2D eigenvalue weighted by molar-refractivity contribution is 0.0737. The lowest BCUT2D eigenvalue weighted by atomic mass is 10.1. The minimum Gasteiger partial charge on any atom is -0.494 e. The molecule has 0 atom stereocenters. The summed E-state index contributed by atoms with van der Waals surface area (Å²) < 4.78 is 11.6. The molecule has 212 valence electrons. The Hall–Kier alpha value is -4.32. The summed E-state index contributed by atoms with van der Waals surface area (Å²) in [7, 11) is 0. The average molecular weight is 551 g/mol. The molecule has 4 aromatic carbocycles. The molecule has 0 saturated heterocycles. The maximum atomic E-state index is 12.9. The number of esters is 1. The number of unbranched alkanes of at least 4 members (excludes halogenated alkanes) is 7. The van der Waals surface area contributed by atoms with Crippen molar-refractivity contribution in [2.45, 2.75) is 65.2 Å². The Kier molecular flexibility index (Phi) is 11.2. The fraction of sp³-hybridized carbons (Fsp3) is 0.314. The number of hydrogen-bond donors (Lipinski definition) is 0. The zero-order chi connectivity index (χ0) is 28.9. The third kappa shape index (κ3) is 8.84. The molecule has 0 saturated carbocycles. The molecule has 0 amide bonds. The molecule has 4 aromatic rings. The average Bonchev–Trinajstić information content (AvgIpc) is 3.00. The Morgan fingerprint density at radius 2 is 1.29 bits per heavy atom. The van der Waals surface area contributed by atoms with Gasteiger partial charge in [-0.1, -0.05) is 76.1 Å². The Balaban J connectivity index is 1.33. The van der Waals surface area contributed by atoms with Crippen LogP contribution in [0.3, 0.4) is 0 Å². The van der Waals surface area contributed by atoms with Crippen LogP contribution >= 0.6 is 0 Å². The van der Waals surface area contributed by atoms with E-state index in [1.165, 1.54) is 51.9 Å². The molecule has 0 aromatic heterocycles. The number of nitrogens with zero attached hydrogens (tertiary/aromatic N) is 2. The predicted molar refractivity (Wildman–Crippen MR) is 164 cm³/mol. The van der Waals surface area contributed by atoms with Gasteiger partial charge < -0.3 is 9.47 Å². The number of carbonyl (C=O) groups excluding carboxylic acids is 2. The summed E-state index contributed by atoms with van der Waals surface area (Å²) in [5.41, 5.74) is 2.36. The lowest BCUT2D eigenvalue weighted by Gasteiger charge is -2.10. The van der Waals surface area contributed by atoms with E-state index in [2.05, 4.69) is 17.2 Å². The van der Waals surface area contributed by atoms with E-state index < -0.39 is 5.97 Å². The van der Waals surface area contributed by atoms with Crippen LogP contribution in [0.4, 0.5) is 11.4 Å². The molecule has 0 aliphatic rings. The minimum absolute atomic E-state index is 0.00276. The molecule has 0 aliphatic heterocycles. The molecule has 6 nitrogen and oxygen atoms in total. The maximum Gasteiger partial charge on any atom is 0.343 e. The van der Waals surface area contributed by atoms with Gasteiger partial charge in [-0.3, -0.25) is 4.79 Å². The summed E-state index contributed by atoms with van der Waals surface area (Å²) in [6.07, 6.45) is 10.1. The van der Waals surface area contributed by atoms with Crippen LogP contribution in [-0.2, 0) is 0 Å². The van der Waals surface area contributed by atoms with Gasteiger partial charge in [-0.15, -0.1) is 5.11 Å². The minimum atomic E-state index is -0.440. The first-order valence-electron chi connectivity index (χ1n) is 14.5. The van der Waals surface area contributed by atoms with E-state index >= 15 is 0 Å². The summed E-state index contributed by atoms with van der Waals surface area (Å²) in [4.78, 5) is 24.4. The predicted octanol–water partition coefficient (Wildman–Crippen LogP) is 10.2. The standard InChI is InChI=1S/C35H38N2O4/c1-3-4-5-6-7-8-9-12-25-40-30-21-17-28(18-22-30)35(39)41-34-24-23-33(31-13-10-11-14-32(31)34)37-36-29-19-15-27(16-20-29)26(2)38/h10-11,13-24H,3-9,12,25H2,1-2H3. The van der Waals surface area contributed by atoms with Gasteiger partial charge in [0.2, 0.25) is 0 Å². The van der Waals surface area contributed by atoms with E-state index in [-0.39, 0.29) is 5.78 Å². The SMILES string of the molecule is CCCCCCCCCCOc1ccc(C(=O)Oc2ccc(N=Nc3ccc(C(C)=O)cc3)c3ccccc23)cc1. The maximum absolute atomic E-state index is 12.9. The van der Waals surface area contributed by atoms with Crippen molar-refractivity contribution in [3.63, 3.8) is 0 Å². The van der Waals surface area contributed by atoms with Crippen molar-refractivity contribution in [2.24, 2.45) is 10.2 Å². The van der Waals surface area contributed by atoms with Crippen LogP contribution < -0.4 is 9.47 Å². The van der Waals surface area contributed by atoms with Crippen LogP contribution in [0, 0.1) is 0 Å². The van der Waals surface area contributed by atoms with Crippen molar-refractivity contribution in [3.05, 3.63) is 96.1 Å². The fourth-order valence-corrected chi connectivity index (χ4v) is 4.58. The molecule has 0 spiro atoms. The van der Waals surface area contributed by atoms with Gasteiger partial charge in [0.05, 0.1) is 23.5 Å². The lowest BCUT2D eigenvalue weighted by Crippen LogP contribution is -2.08. The molecule has 0 N–H and O–H groups in total. The Morgan fingerprint density at radius 3 is 1.98 bits per heavy atom. The van der Waals surface area contributed by atoms with E-state index in [1.807, 2.05) is 36.4 Å². The van der Waals surface area contributed by atoms with Crippen LogP contribution in [0.15, 0.2) is 95.2 Å². The molecular weight excluding hydrogens is 512 g/mol. The Labute approximate surface area is 242 Å². The number of carbonyl (C=O) groups is 2. The van der Waals surface area contributed by atoms with Crippen LogP contribution in [-0.4, -0.2) is 18.4 Å². The molecule has 41 heavy (non-hydrogen) atoms. The van der Waals surface area contributed by atoms with Gasteiger partial charge in [0.1, 0.15) is 11.5 Å². The Morgan fingerprint density at radius 1 is 0.659 bits per heavy atom. The third-order valence-corrected chi connectivity index (χ3v) is 6.97. The monoisotopic (exact) mass is 550 g/mol. The summed E-state index contributed by atoms with van der Waals surface area (Å²) in [6, 6.07) is 25.2. The molecule has 0 unspecified atom stereocenters. The zero-order valence-corrected chi connectivity index (χ0v) is 24.0. The smallest absolute Gasteiger partial charge is 0.343 e. The van der Waals surface area contributed by atoms with E-state index in [0.29, 0.717) is 34.9 Å². The highest BCUT2D eigenvalue weighted by molar-refractivity contribution is 6.00. The number of azo groups is 1. The van der Waals surface area contributed by atoms with Crippen molar-refractivity contribution in [1.82, 2.24) is 0 Å². The largest absolute Gasteiger partial charge is 0.494 e. The van der Waals surface area contributed by atoms with E-state index in [9.17, 15) is 9.59 Å². The zero-order valence-electron chi connectivity index (χ0n) is 24.0. The molecule has 0 aliphatic carbocycles. The number of ether oxygens (including phenoxy) is 2. The highest BCUT2D eigenvalue weighted by atomic mass is 16.5. The quantitative estimate of drug-likeness (QED) is 0.0485. The van der Waals surface area contributed by atoms with Gasteiger partial charge in [-0.2, -0.15) is 5.11 Å². The molecule has 6 heteroatoms. The molecular formula is C35H38N2O4. The number of fused-ring (bicyclic) bond motifs is 1. The van der Waals surface area contributed by atoms with Gasteiger partial charge in [-0.25, -0.2) is 4.79 Å². The van der Waals surface area contributed by atoms with Gasteiger partial charge in [0.15, 0.2) is 5.78 Å². The highest BCUT2D eigenvalue weighted by Crippen LogP contribution is 2.34. The number of Topliss-reactive ketones (excluding diaryl/α,β-unsaturated/α-hetero) is 1. The molecule has 0 fully saturated rings. The van der Waals surface area contributed by atoms with Crippen molar-refractivity contribution in [1.29, 1.82) is 0 Å². The van der Waals surface area contributed by atoms with Crippen molar-refractivity contribution in [2.75, 3.05) is 6.61 Å². The molecule has 0 radical (unpaired) electrons. The number of hydrogen-bond acceptors (Lipinski definition) is 6. The van der Waals surface area contributed by atoms with Gasteiger partial charge in [0.25, 0.3) is 0 Å². The summed E-state index contributed by atoms with van der Waals surface area (Å²) in [5.74, 6) is 0.763. The van der Waals surface area contributed by atoms with Crippen LogP contribution in [0.5, 0.6) is 11.5 Å². The first-order valence-corrected chi connectivity index (χ1v) is 14.5. The first kappa shape index (κ1) is 29.7. The summed E-state index contributed by atoms with van der Waals surface area (Å²) >= 11 is 0. The van der Waals surface area contributed by atoms with E-state index in [1.54, 1.807) is 48.5 Å². The highest BCUT2D eigenvalue weighted by Gasteiger charge is 2.13. The van der Waals surface area contributed by atoms with Gasteiger partial charge in [0, 0.05) is 16.3 Å². The summed E-state index contributed by atoms with van der Waals surface area (Å²) in [6.45, 7) is 4.45. The second kappa shape index (κ2) is 15.5. The number of benzene rings is 4. The molecule has 0 bridgehead atoms. The second-order valence-electron chi connectivity index (χ2n) is 10.2. The van der Waals surface area contributed by atoms with Crippen molar-refractivity contribution >= 4 is 33.9 Å². The fourth-order valence-electron chi connectivity index (χ4n) is 4.58. The van der Waals surface area contributed by atoms with Crippen LogP contribution in [0.25, 0.3) is 10.8 Å². The van der Waals surface area contributed by atoms with E-state index in [4.69, 9.17) is 9.47 Å². The Bertz CT molecular complexity index is 1460. The second-order valence-corrected chi connectivity index (χ2v) is 10.2. The molecule has 0 heterocycles. The first-order chi connectivity index (χ1) is 20.0. The molecule has 4 rings (SSSR count).